The highest BCUT2D eigenvalue weighted by Crippen LogP contribution is 2.37. The van der Waals surface area contributed by atoms with Gasteiger partial charge in [0, 0.05) is 16.5 Å². The summed E-state index contributed by atoms with van der Waals surface area (Å²) in [6.07, 6.45) is 7.06. The zero-order valence-corrected chi connectivity index (χ0v) is 22.0. The number of para-hydroxylation sites is 1. The van der Waals surface area contributed by atoms with Gasteiger partial charge in [-0.3, -0.25) is 4.79 Å². The lowest BCUT2D eigenvalue weighted by atomic mass is 9.88. The second-order valence-electron chi connectivity index (χ2n) is 9.10. The van der Waals surface area contributed by atoms with Crippen molar-refractivity contribution in [3.05, 3.63) is 98.0 Å². The first kappa shape index (κ1) is 25.3. The fourth-order valence-electron chi connectivity index (χ4n) is 4.72. The average molecular weight is 536 g/mol. The third-order valence-corrected chi connectivity index (χ3v) is 7.30. The SMILES string of the molecule is COc1cc(C=Nn2c(C3CCCCC3)nc3ccccc3c2=O)cc(Cl)c1OCc1ccccc1Cl. The summed E-state index contributed by atoms with van der Waals surface area (Å²) in [7, 11) is 1.55. The predicted octanol–water partition coefficient (Wildman–Crippen LogP) is 7.22. The molecule has 6 nitrogen and oxygen atoms in total. The quantitative estimate of drug-likeness (QED) is 0.234. The zero-order chi connectivity index (χ0) is 25.8. The van der Waals surface area contributed by atoms with E-state index >= 15 is 0 Å². The number of benzene rings is 3. The normalized spacial score (nSPS) is 14.4. The van der Waals surface area contributed by atoms with E-state index in [2.05, 4.69) is 5.10 Å². The molecule has 0 spiro atoms. The van der Waals surface area contributed by atoms with Gasteiger partial charge < -0.3 is 9.47 Å². The maximum atomic E-state index is 13.4. The Morgan fingerprint density at radius 1 is 1.03 bits per heavy atom. The minimum absolute atomic E-state index is 0.180. The van der Waals surface area contributed by atoms with Gasteiger partial charge in [-0.05, 0) is 48.7 Å². The van der Waals surface area contributed by atoms with Crippen LogP contribution in [0.25, 0.3) is 10.9 Å². The van der Waals surface area contributed by atoms with Crippen LogP contribution in [0.3, 0.4) is 0 Å². The monoisotopic (exact) mass is 535 g/mol. The van der Waals surface area contributed by atoms with E-state index in [1.54, 1.807) is 31.5 Å². The van der Waals surface area contributed by atoms with Crippen LogP contribution >= 0.6 is 23.2 Å². The maximum absolute atomic E-state index is 13.4. The molecule has 0 N–H and O–H groups in total. The molecule has 1 aliphatic carbocycles. The number of hydrogen-bond donors (Lipinski definition) is 0. The molecule has 1 fully saturated rings. The van der Waals surface area contributed by atoms with E-state index in [0.717, 1.165) is 31.2 Å². The summed E-state index contributed by atoms with van der Waals surface area (Å²) >= 11 is 12.8. The number of aromatic nitrogens is 2. The smallest absolute Gasteiger partial charge is 0.282 e. The Kier molecular flexibility index (Phi) is 7.77. The summed E-state index contributed by atoms with van der Waals surface area (Å²) in [5.41, 5.74) is 2.03. The topological polar surface area (TPSA) is 65.7 Å². The van der Waals surface area contributed by atoms with Crippen molar-refractivity contribution in [2.45, 2.75) is 44.6 Å². The lowest BCUT2D eigenvalue weighted by Crippen LogP contribution is -2.25. The first-order valence-electron chi connectivity index (χ1n) is 12.3. The van der Waals surface area contributed by atoms with Crippen LogP contribution < -0.4 is 15.0 Å². The molecule has 0 aliphatic heterocycles. The van der Waals surface area contributed by atoms with Gasteiger partial charge in [-0.25, -0.2) is 4.98 Å². The molecule has 37 heavy (non-hydrogen) atoms. The van der Waals surface area contributed by atoms with Gasteiger partial charge in [0.15, 0.2) is 11.5 Å². The Labute approximate surface area is 225 Å². The second-order valence-corrected chi connectivity index (χ2v) is 9.91. The number of nitrogens with zero attached hydrogens (tertiary/aromatic N) is 3. The molecule has 1 aliphatic rings. The van der Waals surface area contributed by atoms with Crippen molar-refractivity contribution in [1.29, 1.82) is 0 Å². The molecule has 1 saturated carbocycles. The van der Waals surface area contributed by atoms with Crippen molar-refractivity contribution in [2.24, 2.45) is 5.10 Å². The predicted molar refractivity (Wildman–Crippen MR) is 149 cm³/mol. The number of hydrogen-bond acceptors (Lipinski definition) is 5. The summed E-state index contributed by atoms with van der Waals surface area (Å²) in [6.45, 7) is 0.242. The van der Waals surface area contributed by atoms with Gasteiger partial charge in [-0.2, -0.15) is 9.78 Å². The molecule has 0 bridgehead atoms. The first-order valence-corrected chi connectivity index (χ1v) is 13.1. The minimum Gasteiger partial charge on any atom is -0.493 e. The maximum Gasteiger partial charge on any atom is 0.282 e. The van der Waals surface area contributed by atoms with E-state index < -0.39 is 0 Å². The Morgan fingerprint density at radius 3 is 2.57 bits per heavy atom. The molecule has 190 valence electrons. The molecule has 5 rings (SSSR count). The van der Waals surface area contributed by atoms with Crippen LogP contribution in [0.4, 0.5) is 0 Å². The Morgan fingerprint density at radius 2 is 1.78 bits per heavy atom. The minimum atomic E-state index is -0.180. The number of halogens is 2. The van der Waals surface area contributed by atoms with Gasteiger partial charge in [-0.1, -0.05) is 72.8 Å². The van der Waals surface area contributed by atoms with E-state index in [1.807, 2.05) is 42.5 Å². The number of ether oxygens (including phenoxy) is 2. The van der Waals surface area contributed by atoms with Crippen LogP contribution in [0.1, 0.15) is 55.0 Å². The average Bonchev–Trinajstić information content (AvgIpc) is 2.93. The van der Waals surface area contributed by atoms with Crippen molar-refractivity contribution in [1.82, 2.24) is 9.66 Å². The second kappa shape index (κ2) is 11.4. The molecule has 0 atom stereocenters. The van der Waals surface area contributed by atoms with E-state index in [1.165, 1.54) is 11.1 Å². The lowest BCUT2D eigenvalue weighted by molar-refractivity contribution is 0.285. The lowest BCUT2D eigenvalue weighted by Gasteiger charge is -2.22. The zero-order valence-electron chi connectivity index (χ0n) is 20.5. The first-order chi connectivity index (χ1) is 18.0. The van der Waals surface area contributed by atoms with Crippen molar-refractivity contribution in [3.8, 4) is 11.5 Å². The highest BCUT2D eigenvalue weighted by molar-refractivity contribution is 6.32. The summed E-state index contributed by atoms with van der Waals surface area (Å²) in [5.74, 6) is 1.77. The van der Waals surface area contributed by atoms with Crippen LogP contribution in [0, 0.1) is 0 Å². The standard InChI is InChI=1S/C29H27Cl2N3O3/c1-36-26-16-19(15-24(31)27(26)37-18-21-11-5-7-13-23(21)30)17-32-34-28(20-9-3-2-4-10-20)33-25-14-8-6-12-22(25)29(34)35/h5-8,11-17,20H,2-4,9-10,18H2,1H3. The summed E-state index contributed by atoms with van der Waals surface area (Å²) < 4.78 is 13.0. The van der Waals surface area contributed by atoms with E-state index in [4.69, 9.17) is 37.7 Å². The molecular formula is C29H27Cl2N3O3. The van der Waals surface area contributed by atoms with Gasteiger partial charge in [-0.15, -0.1) is 0 Å². The largest absolute Gasteiger partial charge is 0.493 e. The van der Waals surface area contributed by atoms with Crippen molar-refractivity contribution in [3.63, 3.8) is 0 Å². The third kappa shape index (κ3) is 5.50. The molecule has 0 amide bonds. The van der Waals surface area contributed by atoms with Crippen molar-refractivity contribution >= 4 is 40.3 Å². The van der Waals surface area contributed by atoms with E-state index in [-0.39, 0.29) is 18.1 Å². The fourth-order valence-corrected chi connectivity index (χ4v) is 5.19. The molecule has 4 aromatic rings. The van der Waals surface area contributed by atoms with Gasteiger partial charge in [0.2, 0.25) is 0 Å². The Hall–Kier alpha value is -3.35. The summed E-state index contributed by atoms with van der Waals surface area (Å²) in [5, 5.41) is 6.12. The molecule has 0 unspecified atom stereocenters. The summed E-state index contributed by atoms with van der Waals surface area (Å²) in [6, 6.07) is 18.4. The number of rotatable bonds is 7. The Balaban J connectivity index is 1.49. The molecule has 1 heterocycles. The summed E-state index contributed by atoms with van der Waals surface area (Å²) in [4.78, 5) is 18.3. The molecule has 3 aromatic carbocycles. The van der Waals surface area contributed by atoms with E-state index in [9.17, 15) is 4.79 Å². The van der Waals surface area contributed by atoms with Crippen LogP contribution in [0.15, 0.2) is 70.6 Å². The van der Waals surface area contributed by atoms with Crippen LogP contribution in [0.2, 0.25) is 10.0 Å². The van der Waals surface area contributed by atoms with Crippen molar-refractivity contribution < 1.29 is 9.47 Å². The highest BCUT2D eigenvalue weighted by Gasteiger charge is 2.22. The molecule has 0 radical (unpaired) electrons. The number of fused-ring (bicyclic) bond motifs is 1. The molecular weight excluding hydrogens is 509 g/mol. The van der Waals surface area contributed by atoms with Crippen molar-refractivity contribution in [2.75, 3.05) is 7.11 Å². The Bertz CT molecular complexity index is 1510. The fraction of sp³-hybridized carbons (Fsp3) is 0.276. The molecule has 0 saturated heterocycles. The van der Waals surface area contributed by atoms with Gasteiger partial charge in [0.05, 0.1) is 29.2 Å². The van der Waals surface area contributed by atoms with Gasteiger partial charge >= 0.3 is 0 Å². The van der Waals surface area contributed by atoms with Crippen LogP contribution in [-0.2, 0) is 6.61 Å². The number of methoxy groups -OCH3 is 1. The van der Waals surface area contributed by atoms with Gasteiger partial charge in [0.25, 0.3) is 5.56 Å². The highest BCUT2D eigenvalue weighted by atomic mass is 35.5. The van der Waals surface area contributed by atoms with Crippen LogP contribution in [-0.4, -0.2) is 23.0 Å². The van der Waals surface area contributed by atoms with E-state index in [0.29, 0.717) is 43.8 Å². The van der Waals surface area contributed by atoms with Gasteiger partial charge in [0.1, 0.15) is 12.4 Å². The molecule has 8 heteroatoms. The van der Waals surface area contributed by atoms with Crippen LogP contribution in [0.5, 0.6) is 11.5 Å². The third-order valence-electron chi connectivity index (χ3n) is 6.65. The molecule has 1 aromatic heterocycles.